The maximum Gasteiger partial charge on any atom is 0.240 e. The van der Waals surface area contributed by atoms with E-state index in [4.69, 9.17) is 0 Å². The summed E-state index contributed by atoms with van der Waals surface area (Å²) in [5, 5.41) is 0. The third-order valence-corrected chi connectivity index (χ3v) is 6.34. The van der Waals surface area contributed by atoms with Crippen molar-refractivity contribution in [1.82, 2.24) is 9.62 Å². The van der Waals surface area contributed by atoms with Gasteiger partial charge < -0.3 is 4.90 Å². The lowest BCUT2D eigenvalue weighted by Crippen LogP contribution is -2.47. The standard InChI is InChI=1S/C20H26FN3O2S/c1-17-16-19(8-9-20(17)21)27(25,26)22-10-5-11-23-12-14-24(15-13-23)18-6-3-2-4-7-18/h2-4,6-9,16,22H,5,10-15H2,1H3. The molecule has 1 aliphatic heterocycles. The van der Waals surface area contributed by atoms with Crippen LogP contribution >= 0.6 is 0 Å². The quantitative estimate of drug-likeness (QED) is 0.738. The fourth-order valence-electron chi connectivity index (χ4n) is 3.25. The Labute approximate surface area is 160 Å². The molecule has 0 aromatic heterocycles. The molecule has 1 heterocycles. The minimum Gasteiger partial charge on any atom is -0.369 e. The van der Waals surface area contributed by atoms with Crippen LogP contribution in [0.15, 0.2) is 53.4 Å². The van der Waals surface area contributed by atoms with Gasteiger partial charge in [0.15, 0.2) is 0 Å². The number of piperazine rings is 1. The molecular formula is C20H26FN3O2S. The van der Waals surface area contributed by atoms with E-state index in [1.807, 2.05) is 6.07 Å². The lowest BCUT2D eigenvalue weighted by molar-refractivity contribution is 0.255. The van der Waals surface area contributed by atoms with Crippen LogP contribution in [0, 0.1) is 12.7 Å². The molecule has 1 fully saturated rings. The number of anilines is 1. The number of hydrogen-bond acceptors (Lipinski definition) is 4. The Bertz CT molecular complexity index is 851. The Hall–Kier alpha value is -1.96. The Morgan fingerprint density at radius 3 is 2.41 bits per heavy atom. The summed E-state index contributed by atoms with van der Waals surface area (Å²) in [4.78, 5) is 4.84. The molecule has 7 heteroatoms. The zero-order valence-corrected chi connectivity index (χ0v) is 16.4. The SMILES string of the molecule is Cc1cc(S(=O)(=O)NCCCN2CCN(c3ccccc3)CC2)ccc1F. The molecule has 0 atom stereocenters. The van der Waals surface area contributed by atoms with Crippen LogP contribution in [0.4, 0.5) is 10.1 Å². The molecular weight excluding hydrogens is 365 g/mol. The van der Waals surface area contributed by atoms with Crippen molar-refractivity contribution < 1.29 is 12.8 Å². The van der Waals surface area contributed by atoms with Gasteiger partial charge in [0.2, 0.25) is 10.0 Å². The Balaban J connectivity index is 1.41. The second-order valence-electron chi connectivity index (χ2n) is 6.83. The molecule has 2 aromatic rings. The number of hydrogen-bond donors (Lipinski definition) is 1. The van der Waals surface area contributed by atoms with Crippen molar-refractivity contribution in [3.63, 3.8) is 0 Å². The highest BCUT2D eigenvalue weighted by Crippen LogP contribution is 2.16. The monoisotopic (exact) mass is 391 g/mol. The number of nitrogens with zero attached hydrogens (tertiary/aromatic N) is 2. The van der Waals surface area contributed by atoms with Gasteiger partial charge in [-0.15, -0.1) is 0 Å². The molecule has 5 nitrogen and oxygen atoms in total. The zero-order valence-electron chi connectivity index (χ0n) is 15.6. The largest absolute Gasteiger partial charge is 0.369 e. The van der Waals surface area contributed by atoms with Crippen molar-refractivity contribution in [2.75, 3.05) is 44.2 Å². The van der Waals surface area contributed by atoms with Crippen LogP contribution in [-0.4, -0.2) is 52.6 Å². The molecule has 1 aliphatic rings. The molecule has 0 radical (unpaired) electrons. The van der Waals surface area contributed by atoms with Gasteiger partial charge in [-0.3, -0.25) is 4.90 Å². The average Bonchev–Trinajstić information content (AvgIpc) is 2.68. The number of sulfonamides is 1. The first-order valence-corrected chi connectivity index (χ1v) is 10.7. The first-order valence-electron chi connectivity index (χ1n) is 9.24. The molecule has 0 saturated carbocycles. The summed E-state index contributed by atoms with van der Waals surface area (Å²) >= 11 is 0. The summed E-state index contributed by atoms with van der Waals surface area (Å²) in [7, 11) is -3.59. The highest BCUT2D eigenvalue weighted by molar-refractivity contribution is 7.89. The molecule has 2 aromatic carbocycles. The molecule has 27 heavy (non-hydrogen) atoms. The number of halogens is 1. The lowest BCUT2D eigenvalue weighted by atomic mass is 10.2. The fourth-order valence-corrected chi connectivity index (χ4v) is 4.40. The molecule has 0 bridgehead atoms. The molecule has 0 unspecified atom stereocenters. The molecule has 0 spiro atoms. The van der Waals surface area contributed by atoms with E-state index in [1.54, 1.807) is 6.92 Å². The number of aryl methyl sites for hydroxylation is 1. The van der Waals surface area contributed by atoms with Gasteiger partial charge in [-0.25, -0.2) is 17.5 Å². The Morgan fingerprint density at radius 2 is 1.74 bits per heavy atom. The molecule has 146 valence electrons. The van der Waals surface area contributed by atoms with E-state index >= 15 is 0 Å². The summed E-state index contributed by atoms with van der Waals surface area (Å²) in [6, 6.07) is 14.2. The smallest absolute Gasteiger partial charge is 0.240 e. The van der Waals surface area contributed by atoms with Crippen molar-refractivity contribution in [2.24, 2.45) is 0 Å². The predicted molar refractivity (Wildman–Crippen MR) is 106 cm³/mol. The second kappa shape index (κ2) is 8.82. The molecule has 0 amide bonds. The third-order valence-electron chi connectivity index (χ3n) is 4.88. The van der Waals surface area contributed by atoms with Gasteiger partial charge in [0.05, 0.1) is 4.90 Å². The molecule has 1 saturated heterocycles. The fraction of sp³-hybridized carbons (Fsp3) is 0.400. The zero-order chi connectivity index (χ0) is 19.3. The summed E-state index contributed by atoms with van der Waals surface area (Å²) in [6.07, 6.45) is 0.741. The minimum absolute atomic E-state index is 0.109. The van der Waals surface area contributed by atoms with Gasteiger partial charge in [0.1, 0.15) is 5.82 Å². The third kappa shape index (κ3) is 5.28. The topological polar surface area (TPSA) is 52.7 Å². The maximum atomic E-state index is 13.3. The van der Waals surface area contributed by atoms with E-state index in [0.29, 0.717) is 12.1 Å². The Kier molecular flexibility index (Phi) is 6.46. The maximum absolute atomic E-state index is 13.3. The van der Waals surface area contributed by atoms with Crippen molar-refractivity contribution in [3.05, 3.63) is 59.9 Å². The van der Waals surface area contributed by atoms with Crippen LogP contribution < -0.4 is 9.62 Å². The summed E-state index contributed by atoms with van der Waals surface area (Å²) in [6.45, 7) is 6.68. The van der Waals surface area contributed by atoms with Gasteiger partial charge in [-0.2, -0.15) is 0 Å². The van der Waals surface area contributed by atoms with Gasteiger partial charge in [-0.05, 0) is 55.8 Å². The van der Waals surface area contributed by atoms with E-state index in [-0.39, 0.29) is 4.90 Å². The Morgan fingerprint density at radius 1 is 1.04 bits per heavy atom. The van der Waals surface area contributed by atoms with Crippen molar-refractivity contribution in [3.8, 4) is 0 Å². The predicted octanol–water partition coefficient (Wildman–Crippen LogP) is 2.62. The van der Waals surface area contributed by atoms with Gasteiger partial charge in [-0.1, -0.05) is 18.2 Å². The number of benzene rings is 2. The van der Waals surface area contributed by atoms with E-state index in [0.717, 1.165) is 39.1 Å². The van der Waals surface area contributed by atoms with E-state index < -0.39 is 15.8 Å². The average molecular weight is 392 g/mol. The van der Waals surface area contributed by atoms with Crippen molar-refractivity contribution >= 4 is 15.7 Å². The summed E-state index contributed by atoms with van der Waals surface area (Å²) < 4.78 is 40.5. The van der Waals surface area contributed by atoms with Crippen LogP contribution in [0.25, 0.3) is 0 Å². The van der Waals surface area contributed by atoms with Crippen LogP contribution in [0.3, 0.4) is 0 Å². The van der Waals surface area contributed by atoms with Gasteiger partial charge in [0, 0.05) is 38.4 Å². The van der Waals surface area contributed by atoms with Gasteiger partial charge >= 0.3 is 0 Å². The molecule has 0 aliphatic carbocycles. The van der Waals surface area contributed by atoms with Crippen LogP contribution in [-0.2, 0) is 10.0 Å². The van der Waals surface area contributed by atoms with Crippen LogP contribution in [0.5, 0.6) is 0 Å². The normalized spacial score (nSPS) is 15.9. The van der Waals surface area contributed by atoms with Crippen LogP contribution in [0.1, 0.15) is 12.0 Å². The van der Waals surface area contributed by atoms with Crippen molar-refractivity contribution in [1.29, 1.82) is 0 Å². The number of rotatable bonds is 7. The van der Waals surface area contributed by atoms with Crippen molar-refractivity contribution in [2.45, 2.75) is 18.2 Å². The van der Waals surface area contributed by atoms with E-state index in [2.05, 4.69) is 38.8 Å². The first-order chi connectivity index (χ1) is 13.0. The summed E-state index contributed by atoms with van der Waals surface area (Å²) in [5.74, 6) is -0.399. The van der Waals surface area contributed by atoms with Crippen LogP contribution in [0.2, 0.25) is 0 Å². The highest BCUT2D eigenvalue weighted by atomic mass is 32.2. The number of nitrogens with one attached hydrogen (secondary N) is 1. The van der Waals surface area contributed by atoms with E-state index in [1.165, 1.54) is 23.9 Å². The number of para-hydroxylation sites is 1. The summed E-state index contributed by atoms with van der Waals surface area (Å²) in [5.41, 5.74) is 1.58. The lowest BCUT2D eigenvalue weighted by Gasteiger charge is -2.36. The highest BCUT2D eigenvalue weighted by Gasteiger charge is 2.18. The molecule has 1 N–H and O–H groups in total. The minimum atomic E-state index is -3.59. The molecule has 3 rings (SSSR count). The van der Waals surface area contributed by atoms with Gasteiger partial charge in [0.25, 0.3) is 0 Å². The second-order valence-corrected chi connectivity index (χ2v) is 8.59. The first kappa shape index (κ1) is 19.8. The van der Waals surface area contributed by atoms with E-state index in [9.17, 15) is 12.8 Å².